The van der Waals surface area contributed by atoms with Crippen LogP contribution in [-0.4, -0.2) is 119 Å². The Morgan fingerprint density at radius 1 is 0.529 bits per heavy atom. The lowest BCUT2D eigenvalue weighted by Gasteiger charge is -2.24. The number of primary amides is 2. The van der Waals surface area contributed by atoms with Gasteiger partial charge in [0.1, 0.15) is 10.0 Å². The van der Waals surface area contributed by atoms with Gasteiger partial charge in [-0.05, 0) is 46.2 Å². The van der Waals surface area contributed by atoms with Crippen LogP contribution in [0.5, 0.6) is 0 Å². The molecule has 70 heavy (non-hydrogen) atoms. The molecule has 14 nitrogen and oxygen atoms in total. The number of carbonyl (C=O) groups is 4. The summed E-state index contributed by atoms with van der Waals surface area (Å²) in [7, 11) is 0. The zero-order valence-corrected chi connectivity index (χ0v) is 42.6. The van der Waals surface area contributed by atoms with E-state index in [1.807, 2.05) is 96.7 Å². The fraction of sp³-hybridized carbons (Fsp3) is 0.370. The Hall–Kier alpha value is -6.46. The molecule has 0 radical (unpaired) electrons. The molecule has 4 aromatic carbocycles. The topological polar surface area (TPSA) is 178 Å². The van der Waals surface area contributed by atoms with Gasteiger partial charge in [-0.2, -0.15) is 0 Å². The largest absolute Gasteiger partial charge is 0.378 e. The minimum atomic E-state index is -0.349. The third kappa shape index (κ3) is 17.5. The van der Waals surface area contributed by atoms with Gasteiger partial charge in [-0.3, -0.25) is 9.59 Å². The van der Waals surface area contributed by atoms with Crippen LogP contribution in [0.15, 0.2) is 122 Å². The second-order valence-corrected chi connectivity index (χ2v) is 18.5. The molecule has 0 saturated carbocycles. The van der Waals surface area contributed by atoms with E-state index >= 15 is 0 Å². The van der Waals surface area contributed by atoms with E-state index in [1.54, 1.807) is 32.5 Å². The Kier molecular flexibility index (Phi) is 23.0. The Morgan fingerprint density at radius 2 is 0.857 bits per heavy atom. The first-order chi connectivity index (χ1) is 34.1. The van der Waals surface area contributed by atoms with Crippen molar-refractivity contribution in [2.24, 2.45) is 11.5 Å². The molecule has 0 aliphatic carbocycles. The number of benzene rings is 4. The van der Waals surface area contributed by atoms with Crippen LogP contribution in [-0.2, 0) is 45.0 Å². The van der Waals surface area contributed by atoms with Crippen LogP contribution in [0.2, 0.25) is 0 Å². The molecule has 4 heterocycles. The van der Waals surface area contributed by atoms with E-state index in [9.17, 15) is 19.2 Å². The van der Waals surface area contributed by atoms with Gasteiger partial charge in [0.05, 0.1) is 62.1 Å². The lowest BCUT2D eigenvalue weighted by atomic mass is 10.0. The van der Waals surface area contributed by atoms with E-state index in [2.05, 4.69) is 72.3 Å². The molecular formula is C54H68N8O6S2. The third-order valence-electron chi connectivity index (χ3n) is 11.2. The van der Waals surface area contributed by atoms with Crippen LogP contribution in [0.4, 0.5) is 9.59 Å². The summed E-state index contributed by atoms with van der Waals surface area (Å²) in [5.41, 5.74) is 16.6. The Morgan fingerprint density at radius 3 is 1.16 bits per heavy atom. The van der Waals surface area contributed by atoms with Gasteiger partial charge in [0.2, 0.25) is 11.8 Å². The van der Waals surface area contributed by atoms with Gasteiger partial charge in [0.15, 0.2) is 0 Å². The molecule has 4 N–H and O–H groups in total. The van der Waals surface area contributed by atoms with Crippen molar-refractivity contribution >= 4 is 46.6 Å². The highest BCUT2D eigenvalue weighted by Gasteiger charge is 2.19. The maximum atomic E-state index is 13.1. The smallest absolute Gasteiger partial charge is 0.314 e. The number of rotatable bonds is 15. The molecule has 0 unspecified atom stereocenters. The van der Waals surface area contributed by atoms with Crippen molar-refractivity contribution in [3.63, 3.8) is 0 Å². The summed E-state index contributed by atoms with van der Waals surface area (Å²) in [4.78, 5) is 65.6. The number of morpholine rings is 2. The highest BCUT2D eigenvalue weighted by atomic mass is 32.1. The number of ether oxygens (including phenoxy) is 2. The molecule has 0 atom stereocenters. The molecule has 6 amide bonds. The molecule has 0 bridgehead atoms. The average molecular weight is 989 g/mol. The molecule has 2 aromatic heterocycles. The molecule has 0 spiro atoms. The molecular weight excluding hydrogens is 921 g/mol. The van der Waals surface area contributed by atoms with Gasteiger partial charge < -0.3 is 40.5 Å². The maximum Gasteiger partial charge on any atom is 0.314 e. The Labute approximate surface area is 421 Å². The first kappa shape index (κ1) is 54.5. The van der Waals surface area contributed by atoms with Gasteiger partial charge in [-0.25, -0.2) is 19.6 Å². The summed E-state index contributed by atoms with van der Waals surface area (Å²) in [5.74, 6) is 0.260. The number of urea groups is 2. The van der Waals surface area contributed by atoms with Gasteiger partial charge in [0.25, 0.3) is 0 Å². The molecule has 2 fully saturated rings. The first-order valence-corrected chi connectivity index (χ1v) is 25.7. The number of thiazole rings is 2. The molecule has 2 aliphatic heterocycles. The van der Waals surface area contributed by atoms with Gasteiger partial charge in [-0.15, -0.1) is 22.7 Å². The Balaban J connectivity index is 0.000000377. The number of nitrogens with two attached hydrogens (primary N) is 2. The monoisotopic (exact) mass is 988 g/mol. The quantitative estimate of drug-likeness (QED) is 0.102. The lowest BCUT2D eigenvalue weighted by Crippen LogP contribution is -2.43. The Bertz CT molecular complexity index is 2300. The predicted octanol–water partition coefficient (Wildman–Crippen LogP) is 9.38. The van der Waals surface area contributed by atoms with Crippen molar-refractivity contribution in [1.82, 2.24) is 29.6 Å². The number of carbonyl (C=O) groups excluding carboxylic acids is 4. The molecule has 16 heteroatoms. The van der Waals surface area contributed by atoms with Crippen molar-refractivity contribution in [2.75, 3.05) is 65.7 Å². The van der Waals surface area contributed by atoms with Crippen molar-refractivity contribution in [1.29, 1.82) is 0 Å². The lowest BCUT2D eigenvalue weighted by molar-refractivity contribution is -0.131. The minimum Gasteiger partial charge on any atom is -0.378 e. The molecule has 2 aliphatic rings. The van der Waals surface area contributed by atoms with Gasteiger partial charge in [0, 0.05) is 51.7 Å². The minimum absolute atomic E-state index is 0.130. The number of aromatic nitrogens is 2. The second-order valence-electron chi connectivity index (χ2n) is 16.2. The molecule has 8 rings (SSSR count). The van der Waals surface area contributed by atoms with Gasteiger partial charge in [-0.1, -0.05) is 137 Å². The van der Waals surface area contributed by atoms with Crippen LogP contribution in [0.1, 0.15) is 61.7 Å². The number of hydrogen-bond donors (Lipinski definition) is 2. The van der Waals surface area contributed by atoms with E-state index < -0.39 is 0 Å². The standard InChI is InChI=1S/C42H42N4O2S2.2C5H10N2O2.C2H6/c1-3-23-45(41(47)25-31-11-7-5-8-12-31)29-39-43-27-37(49-39)35-19-15-33(16-20-35)34-17-21-36(22-18-34)38-28-44-40(50-38)30-46(24-4-2)42(48)26-32-13-9-6-10-14-32;2*6-5(8)7-1-3-9-4-2-7;1-2/h5-22,27-28H,3-4,23-26,29-30H2,1-2H3;2*1-4H2,(H2,6,8);1-2H3. The second kappa shape index (κ2) is 29.5. The number of nitrogens with zero attached hydrogens (tertiary/aromatic N) is 6. The summed E-state index contributed by atoms with van der Waals surface area (Å²) in [5, 5.41) is 1.88. The summed E-state index contributed by atoms with van der Waals surface area (Å²) >= 11 is 3.29. The third-order valence-corrected chi connectivity index (χ3v) is 13.2. The zero-order valence-electron chi connectivity index (χ0n) is 41.0. The van der Waals surface area contributed by atoms with E-state index in [4.69, 9.17) is 20.9 Å². The fourth-order valence-electron chi connectivity index (χ4n) is 7.47. The van der Waals surface area contributed by atoms with E-state index in [0.29, 0.717) is 91.6 Å². The highest BCUT2D eigenvalue weighted by Crippen LogP contribution is 2.32. The van der Waals surface area contributed by atoms with E-state index in [0.717, 1.165) is 66.0 Å². The normalized spacial score (nSPS) is 13.0. The van der Waals surface area contributed by atoms with Crippen LogP contribution in [0, 0.1) is 0 Å². The maximum absolute atomic E-state index is 13.1. The van der Waals surface area contributed by atoms with E-state index in [-0.39, 0.29) is 23.9 Å². The van der Waals surface area contributed by atoms with Crippen LogP contribution in [0.3, 0.4) is 0 Å². The number of hydrogen-bond acceptors (Lipinski definition) is 10. The van der Waals surface area contributed by atoms with Crippen LogP contribution < -0.4 is 11.5 Å². The highest BCUT2D eigenvalue weighted by molar-refractivity contribution is 7.15. The SMILES string of the molecule is CC.CCCN(Cc1ncc(-c2ccc(-c3ccc(-c4cnc(CN(CCC)C(=O)Cc5ccccc5)s4)cc3)cc2)s1)C(=O)Cc1ccccc1.NC(=O)N1CCOCC1.NC(=O)N1CCOCC1. The fourth-order valence-corrected chi connectivity index (χ4v) is 9.35. The van der Waals surface area contributed by atoms with Crippen molar-refractivity contribution in [3.05, 3.63) is 143 Å². The number of amides is 6. The van der Waals surface area contributed by atoms with Crippen LogP contribution in [0.25, 0.3) is 32.0 Å². The predicted molar refractivity (Wildman–Crippen MR) is 281 cm³/mol. The van der Waals surface area contributed by atoms with Crippen molar-refractivity contribution in [2.45, 2.75) is 66.5 Å². The summed E-state index contributed by atoms with van der Waals surface area (Å²) in [6.07, 6.45) is 6.45. The van der Waals surface area contributed by atoms with Crippen LogP contribution >= 0.6 is 22.7 Å². The van der Waals surface area contributed by atoms with Gasteiger partial charge >= 0.3 is 12.1 Å². The first-order valence-electron chi connectivity index (χ1n) is 24.1. The summed E-state index contributed by atoms with van der Waals surface area (Å²) in [6, 6.07) is 36.3. The summed E-state index contributed by atoms with van der Waals surface area (Å²) in [6.45, 7) is 15.7. The van der Waals surface area contributed by atoms with Crippen molar-refractivity contribution in [3.8, 4) is 32.0 Å². The molecule has 2 saturated heterocycles. The van der Waals surface area contributed by atoms with E-state index in [1.165, 1.54) is 0 Å². The molecule has 372 valence electrons. The zero-order chi connectivity index (χ0) is 50.1. The average Bonchev–Trinajstić information content (AvgIpc) is 4.09. The molecule has 6 aromatic rings. The van der Waals surface area contributed by atoms with Crippen molar-refractivity contribution < 1.29 is 28.7 Å². The summed E-state index contributed by atoms with van der Waals surface area (Å²) < 4.78 is 10.0.